The molecule has 0 aliphatic heterocycles. The van der Waals surface area contributed by atoms with Crippen LogP contribution in [0.5, 0.6) is 0 Å². The SMILES string of the molecule is CN(C)c1cc[n+](C(C=C(C#N)C#N)C(=O)c2ccc(Cl)cc2)cc1. The summed E-state index contributed by atoms with van der Waals surface area (Å²) in [4.78, 5) is 14.8. The third-order valence-electron chi connectivity index (χ3n) is 3.64. The Balaban J connectivity index is 2.48. The highest BCUT2D eigenvalue weighted by molar-refractivity contribution is 6.30. The Morgan fingerprint density at radius 1 is 1.12 bits per heavy atom. The van der Waals surface area contributed by atoms with Crippen LogP contribution in [0.25, 0.3) is 0 Å². The number of hydrogen-bond acceptors (Lipinski definition) is 4. The number of hydrogen-bond donors (Lipinski definition) is 0. The summed E-state index contributed by atoms with van der Waals surface area (Å²) in [6.07, 6.45) is 4.86. The summed E-state index contributed by atoms with van der Waals surface area (Å²) in [7, 11) is 3.83. The van der Waals surface area contributed by atoms with Crippen LogP contribution in [0.15, 0.2) is 60.4 Å². The average Bonchev–Trinajstić information content (AvgIpc) is 2.63. The zero-order valence-electron chi connectivity index (χ0n) is 13.8. The van der Waals surface area contributed by atoms with Crippen LogP contribution in [-0.4, -0.2) is 19.9 Å². The van der Waals surface area contributed by atoms with Crippen molar-refractivity contribution in [2.45, 2.75) is 6.04 Å². The number of Topliss-reactive ketones (excluding diaryl/α,β-unsaturated/α-hetero) is 1. The van der Waals surface area contributed by atoms with Gasteiger partial charge in [-0.05, 0) is 24.3 Å². The van der Waals surface area contributed by atoms with Crippen molar-refractivity contribution in [2.24, 2.45) is 0 Å². The molecule has 2 rings (SSSR count). The minimum atomic E-state index is -0.799. The van der Waals surface area contributed by atoms with Gasteiger partial charge in [-0.3, -0.25) is 4.79 Å². The first-order valence-electron chi connectivity index (χ1n) is 7.46. The second-order valence-electron chi connectivity index (χ2n) is 5.52. The molecule has 0 bridgehead atoms. The molecule has 1 aromatic carbocycles. The van der Waals surface area contributed by atoms with E-state index in [0.29, 0.717) is 10.6 Å². The number of nitriles is 2. The Kier molecular flexibility index (Phi) is 5.89. The van der Waals surface area contributed by atoms with Gasteiger partial charge in [0, 0.05) is 48.6 Å². The smallest absolute Gasteiger partial charge is 0.241 e. The van der Waals surface area contributed by atoms with Gasteiger partial charge in [0.05, 0.1) is 0 Å². The third kappa shape index (κ3) is 4.44. The Bertz CT molecular complexity index is 856. The van der Waals surface area contributed by atoms with Crippen molar-refractivity contribution in [2.75, 3.05) is 19.0 Å². The van der Waals surface area contributed by atoms with Gasteiger partial charge in [0.15, 0.2) is 12.4 Å². The normalized spacial score (nSPS) is 10.9. The Morgan fingerprint density at radius 2 is 1.68 bits per heavy atom. The lowest BCUT2D eigenvalue weighted by molar-refractivity contribution is -0.697. The highest BCUT2D eigenvalue weighted by Crippen LogP contribution is 2.17. The molecule has 25 heavy (non-hydrogen) atoms. The molecule has 5 nitrogen and oxygen atoms in total. The molecule has 1 atom stereocenters. The number of ketones is 1. The minimum absolute atomic E-state index is 0.114. The highest BCUT2D eigenvalue weighted by atomic mass is 35.5. The maximum atomic E-state index is 12.9. The van der Waals surface area contributed by atoms with E-state index in [2.05, 4.69) is 0 Å². The maximum Gasteiger partial charge on any atom is 0.241 e. The standard InChI is InChI=1S/C19H16ClN4O/c1-23(2)17-7-9-24(10-8-17)18(11-14(12-21)13-22)19(25)15-3-5-16(20)6-4-15/h3-11,18H,1-2H3/q+1. The van der Waals surface area contributed by atoms with Gasteiger partial charge in [0.1, 0.15) is 17.7 Å². The summed E-state index contributed by atoms with van der Waals surface area (Å²) < 4.78 is 1.67. The molecule has 0 radical (unpaired) electrons. The van der Waals surface area contributed by atoms with Gasteiger partial charge in [-0.2, -0.15) is 15.1 Å². The number of allylic oxidation sites excluding steroid dienone is 2. The van der Waals surface area contributed by atoms with Crippen molar-refractivity contribution < 1.29 is 9.36 Å². The molecular weight excluding hydrogens is 336 g/mol. The predicted molar refractivity (Wildman–Crippen MR) is 95.1 cm³/mol. The zero-order chi connectivity index (χ0) is 18.4. The van der Waals surface area contributed by atoms with E-state index in [1.165, 1.54) is 6.08 Å². The van der Waals surface area contributed by atoms with Crippen LogP contribution >= 0.6 is 11.6 Å². The molecule has 1 heterocycles. The Labute approximate surface area is 151 Å². The van der Waals surface area contributed by atoms with Crippen molar-refractivity contribution >= 4 is 23.1 Å². The van der Waals surface area contributed by atoms with Crippen LogP contribution < -0.4 is 9.47 Å². The number of carbonyl (C=O) groups excluding carboxylic acids is 1. The number of nitrogens with zero attached hydrogens (tertiary/aromatic N) is 4. The van der Waals surface area contributed by atoms with Crippen LogP contribution in [0.4, 0.5) is 5.69 Å². The van der Waals surface area contributed by atoms with Gasteiger partial charge in [0.25, 0.3) is 0 Å². The third-order valence-corrected chi connectivity index (χ3v) is 3.89. The summed E-state index contributed by atoms with van der Waals surface area (Å²) in [6, 6.07) is 13.0. The fourth-order valence-electron chi connectivity index (χ4n) is 2.25. The van der Waals surface area contributed by atoms with Gasteiger partial charge >= 0.3 is 0 Å². The van der Waals surface area contributed by atoms with E-state index in [-0.39, 0.29) is 11.4 Å². The predicted octanol–water partition coefficient (Wildman–Crippen LogP) is 3.09. The fourth-order valence-corrected chi connectivity index (χ4v) is 2.38. The number of rotatable bonds is 5. The number of halogens is 1. The van der Waals surface area contributed by atoms with E-state index in [0.717, 1.165) is 5.69 Å². The van der Waals surface area contributed by atoms with Gasteiger partial charge < -0.3 is 4.90 Å². The van der Waals surface area contributed by atoms with Crippen molar-refractivity contribution in [1.29, 1.82) is 10.5 Å². The molecular formula is C19H16ClN4O+. The van der Waals surface area contributed by atoms with E-state index in [1.807, 2.05) is 31.1 Å². The molecule has 0 saturated carbocycles. The van der Waals surface area contributed by atoms with E-state index < -0.39 is 6.04 Å². The van der Waals surface area contributed by atoms with Crippen LogP contribution in [0.3, 0.4) is 0 Å². The van der Waals surface area contributed by atoms with E-state index in [4.69, 9.17) is 22.1 Å². The molecule has 1 unspecified atom stereocenters. The molecule has 0 fully saturated rings. The van der Waals surface area contributed by atoms with Crippen LogP contribution in [0, 0.1) is 22.7 Å². The monoisotopic (exact) mass is 351 g/mol. The van der Waals surface area contributed by atoms with Crippen molar-refractivity contribution in [3.63, 3.8) is 0 Å². The highest BCUT2D eigenvalue weighted by Gasteiger charge is 2.27. The quantitative estimate of drug-likeness (QED) is 0.471. The van der Waals surface area contributed by atoms with Crippen LogP contribution in [-0.2, 0) is 0 Å². The molecule has 0 spiro atoms. The Hall–Kier alpha value is -3.15. The summed E-state index contributed by atoms with van der Waals surface area (Å²) in [5.74, 6) is -0.234. The molecule has 0 aliphatic rings. The number of benzene rings is 1. The second-order valence-corrected chi connectivity index (χ2v) is 5.95. The van der Waals surface area contributed by atoms with Gasteiger partial charge in [0.2, 0.25) is 11.8 Å². The lowest BCUT2D eigenvalue weighted by Crippen LogP contribution is -2.42. The average molecular weight is 352 g/mol. The first-order valence-corrected chi connectivity index (χ1v) is 7.84. The first-order chi connectivity index (χ1) is 12.0. The lowest BCUT2D eigenvalue weighted by Gasteiger charge is -2.12. The summed E-state index contributed by atoms with van der Waals surface area (Å²) in [5.41, 5.74) is 1.31. The molecule has 0 N–H and O–H groups in total. The topological polar surface area (TPSA) is 71.8 Å². The van der Waals surface area contributed by atoms with Gasteiger partial charge in [-0.1, -0.05) is 11.6 Å². The zero-order valence-corrected chi connectivity index (χ0v) is 14.6. The van der Waals surface area contributed by atoms with Crippen molar-refractivity contribution in [1.82, 2.24) is 0 Å². The molecule has 0 saturated heterocycles. The van der Waals surface area contributed by atoms with Crippen molar-refractivity contribution in [3.8, 4) is 12.1 Å². The second kappa shape index (κ2) is 8.10. The Morgan fingerprint density at radius 3 is 2.16 bits per heavy atom. The van der Waals surface area contributed by atoms with E-state index in [1.54, 1.807) is 53.4 Å². The van der Waals surface area contributed by atoms with Crippen molar-refractivity contribution in [3.05, 3.63) is 71.0 Å². The van der Waals surface area contributed by atoms with E-state index >= 15 is 0 Å². The van der Waals surface area contributed by atoms with Gasteiger partial charge in [-0.25, -0.2) is 0 Å². The lowest BCUT2D eigenvalue weighted by atomic mass is 10.0. The molecule has 1 aromatic heterocycles. The number of anilines is 1. The molecule has 2 aromatic rings. The largest absolute Gasteiger partial charge is 0.377 e. The summed E-state index contributed by atoms with van der Waals surface area (Å²) in [6.45, 7) is 0. The number of pyridine rings is 1. The summed E-state index contributed by atoms with van der Waals surface area (Å²) >= 11 is 5.87. The van der Waals surface area contributed by atoms with Gasteiger partial charge in [-0.15, -0.1) is 0 Å². The fraction of sp³-hybridized carbons (Fsp3) is 0.158. The molecule has 124 valence electrons. The number of aromatic nitrogens is 1. The molecule has 0 amide bonds. The van der Waals surface area contributed by atoms with Crippen LogP contribution in [0.2, 0.25) is 5.02 Å². The maximum absolute atomic E-state index is 12.9. The minimum Gasteiger partial charge on any atom is -0.377 e. The van der Waals surface area contributed by atoms with Crippen LogP contribution in [0.1, 0.15) is 16.4 Å². The summed E-state index contributed by atoms with van der Waals surface area (Å²) in [5, 5.41) is 18.6. The first kappa shape index (κ1) is 18.2. The van der Waals surface area contributed by atoms with E-state index in [9.17, 15) is 4.79 Å². The molecule has 0 aliphatic carbocycles. The number of carbonyl (C=O) groups is 1. The molecule has 6 heteroatoms.